The van der Waals surface area contributed by atoms with Gasteiger partial charge in [-0.2, -0.15) is 0 Å². The van der Waals surface area contributed by atoms with E-state index in [9.17, 15) is 4.79 Å². The van der Waals surface area contributed by atoms with Gasteiger partial charge in [0, 0.05) is 25.7 Å². The smallest absolute Gasteiger partial charge is 0.317 e. The van der Waals surface area contributed by atoms with Crippen molar-refractivity contribution in [3.63, 3.8) is 0 Å². The highest BCUT2D eigenvalue weighted by molar-refractivity contribution is 5.74. The van der Waals surface area contributed by atoms with Crippen molar-refractivity contribution in [1.82, 2.24) is 15.1 Å². The molecule has 0 radical (unpaired) electrons. The van der Waals surface area contributed by atoms with Gasteiger partial charge in [-0.1, -0.05) is 27.7 Å². The van der Waals surface area contributed by atoms with Gasteiger partial charge in [0.05, 0.1) is 0 Å². The average Bonchev–Trinajstić information content (AvgIpc) is 2.24. The van der Waals surface area contributed by atoms with Gasteiger partial charge >= 0.3 is 6.03 Å². The number of amides is 2. The lowest BCUT2D eigenvalue weighted by atomic mass is 10.0. The molecule has 1 aliphatic heterocycles. The van der Waals surface area contributed by atoms with Crippen LogP contribution in [0.3, 0.4) is 0 Å². The van der Waals surface area contributed by atoms with Crippen LogP contribution in [0.1, 0.15) is 40.5 Å². The van der Waals surface area contributed by atoms with Gasteiger partial charge in [0.2, 0.25) is 0 Å². The first-order valence-corrected chi connectivity index (χ1v) is 7.35. The second-order valence-electron chi connectivity index (χ2n) is 5.53. The molecule has 1 rings (SSSR count). The third-order valence-electron chi connectivity index (χ3n) is 3.70. The van der Waals surface area contributed by atoms with Crippen LogP contribution in [0, 0.1) is 5.92 Å². The minimum Gasteiger partial charge on any atom is -0.336 e. The molecule has 1 N–H and O–H groups in total. The molecule has 0 saturated carbocycles. The molecular weight excluding hydrogens is 226 g/mol. The molecule has 0 aromatic heterocycles. The maximum absolute atomic E-state index is 11.8. The number of hydrogen-bond donors (Lipinski definition) is 1. The SMILES string of the molecule is CCN(CC)C(CNC(=O)N1CCC1)CC(C)C. The van der Waals surface area contributed by atoms with Crippen LogP contribution in [0.15, 0.2) is 0 Å². The number of nitrogens with one attached hydrogen (secondary N) is 1. The number of likely N-dealkylation sites (N-methyl/N-ethyl adjacent to an activating group) is 1. The van der Waals surface area contributed by atoms with E-state index in [4.69, 9.17) is 0 Å². The maximum Gasteiger partial charge on any atom is 0.317 e. The molecule has 0 bridgehead atoms. The van der Waals surface area contributed by atoms with Crippen LogP contribution in [0.5, 0.6) is 0 Å². The first kappa shape index (κ1) is 15.3. The van der Waals surface area contributed by atoms with Crippen LogP contribution in [0.25, 0.3) is 0 Å². The molecule has 18 heavy (non-hydrogen) atoms. The summed E-state index contributed by atoms with van der Waals surface area (Å²) in [6.45, 7) is 13.6. The van der Waals surface area contributed by atoms with E-state index in [1.165, 1.54) is 0 Å². The van der Waals surface area contributed by atoms with Gasteiger partial charge in [-0.25, -0.2) is 4.79 Å². The molecule has 2 amide bonds. The van der Waals surface area contributed by atoms with Gasteiger partial charge in [-0.05, 0) is 31.8 Å². The fourth-order valence-electron chi connectivity index (χ4n) is 2.48. The zero-order valence-electron chi connectivity index (χ0n) is 12.4. The van der Waals surface area contributed by atoms with Gasteiger partial charge in [-0.3, -0.25) is 4.90 Å². The zero-order chi connectivity index (χ0) is 13.5. The highest BCUT2D eigenvalue weighted by atomic mass is 16.2. The van der Waals surface area contributed by atoms with Crippen molar-refractivity contribution in [2.45, 2.75) is 46.6 Å². The maximum atomic E-state index is 11.8. The average molecular weight is 255 g/mol. The molecule has 1 heterocycles. The molecule has 1 fully saturated rings. The zero-order valence-corrected chi connectivity index (χ0v) is 12.4. The molecule has 106 valence electrons. The van der Waals surface area contributed by atoms with Gasteiger partial charge in [0.25, 0.3) is 0 Å². The number of carbonyl (C=O) groups is 1. The summed E-state index contributed by atoms with van der Waals surface area (Å²) in [7, 11) is 0. The van der Waals surface area contributed by atoms with Crippen molar-refractivity contribution < 1.29 is 4.79 Å². The number of rotatable bonds is 7. The molecule has 1 atom stereocenters. The van der Waals surface area contributed by atoms with Crippen molar-refractivity contribution in [2.24, 2.45) is 5.92 Å². The van der Waals surface area contributed by atoms with Crippen LogP contribution < -0.4 is 5.32 Å². The summed E-state index contributed by atoms with van der Waals surface area (Å²) in [6.07, 6.45) is 2.29. The van der Waals surface area contributed by atoms with Crippen LogP contribution in [-0.4, -0.2) is 54.6 Å². The minimum absolute atomic E-state index is 0.113. The van der Waals surface area contributed by atoms with Gasteiger partial charge in [0.1, 0.15) is 0 Å². The Bertz CT molecular complexity index is 247. The summed E-state index contributed by atoms with van der Waals surface area (Å²) in [4.78, 5) is 16.1. The summed E-state index contributed by atoms with van der Waals surface area (Å²) in [5, 5.41) is 3.08. The van der Waals surface area contributed by atoms with Crippen molar-refractivity contribution in [3.8, 4) is 0 Å². The monoisotopic (exact) mass is 255 g/mol. The quantitative estimate of drug-likeness (QED) is 0.756. The number of nitrogens with zero attached hydrogens (tertiary/aromatic N) is 2. The summed E-state index contributed by atoms with van der Waals surface area (Å²) < 4.78 is 0. The number of carbonyl (C=O) groups excluding carboxylic acids is 1. The van der Waals surface area contributed by atoms with Crippen LogP contribution in [0.2, 0.25) is 0 Å². The molecule has 0 aromatic carbocycles. The fraction of sp³-hybridized carbons (Fsp3) is 0.929. The Labute approximate surface area is 112 Å². The topological polar surface area (TPSA) is 35.6 Å². The number of hydrogen-bond acceptors (Lipinski definition) is 2. The molecule has 0 spiro atoms. The van der Waals surface area contributed by atoms with E-state index in [2.05, 4.69) is 37.9 Å². The van der Waals surface area contributed by atoms with Crippen molar-refractivity contribution in [3.05, 3.63) is 0 Å². The van der Waals surface area contributed by atoms with Gasteiger partial charge in [-0.15, -0.1) is 0 Å². The molecular formula is C14H29N3O. The van der Waals surface area contributed by atoms with E-state index in [-0.39, 0.29) is 6.03 Å². The third kappa shape index (κ3) is 4.48. The Kier molecular flexibility index (Phi) is 6.47. The van der Waals surface area contributed by atoms with Crippen molar-refractivity contribution in [1.29, 1.82) is 0 Å². The Morgan fingerprint density at radius 2 is 1.89 bits per heavy atom. The van der Waals surface area contributed by atoms with E-state index in [0.717, 1.165) is 45.6 Å². The Hall–Kier alpha value is -0.770. The molecule has 0 aliphatic carbocycles. The van der Waals surface area contributed by atoms with Crippen LogP contribution >= 0.6 is 0 Å². The standard InChI is InChI=1S/C14H29N3O/c1-5-16(6-2)13(10-12(3)4)11-15-14(18)17-8-7-9-17/h12-13H,5-11H2,1-4H3,(H,15,18). The lowest BCUT2D eigenvalue weighted by molar-refractivity contribution is 0.154. The van der Waals surface area contributed by atoms with E-state index in [0.29, 0.717) is 12.0 Å². The summed E-state index contributed by atoms with van der Waals surface area (Å²) in [5.41, 5.74) is 0. The van der Waals surface area contributed by atoms with E-state index >= 15 is 0 Å². The van der Waals surface area contributed by atoms with Crippen molar-refractivity contribution in [2.75, 3.05) is 32.7 Å². The second kappa shape index (κ2) is 7.62. The highest BCUT2D eigenvalue weighted by Gasteiger charge is 2.22. The normalized spacial score (nSPS) is 16.9. The van der Waals surface area contributed by atoms with E-state index in [1.807, 2.05) is 4.90 Å². The Balaban J connectivity index is 2.41. The van der Waals surface area contributed by atoms with Crippen LogP contribution in [0.4, 0.5) is 4.79 Å². The van der Waals surface area contributed by atoms with Crippen LogP contribution in [-0.2, 0) is 0 Å². The molecule has 1 unspecified atom stereocenters. The predicted molar refractivity (Wildman–Crippen MR) is 75.8 cm³/mol. The predicted octanol–water partition coefficient (Wildman–Crippen LogP) is 2.16. The van der Waals surface area contributed by atoms with Gasteiger partial charge in [0.15, 0.2) is 0 Å². The summed E-state index contributed by atoms with van der Waals surface area (Å²) >= 11 is 0. The minimum atomic E-state index is 0.113. The van der Waals surface area contributed by atoms with E-state index < -0.39 is 0 Å². The lowest BCUT2D eigenvalue weighted by Crippen LogP contribution is -2.51. The Morgan fingerprint density at radius 1 is 1.28 bits per heavy atom. The first-order chi connectivity index (χ1) is 8.58. The third-order valence-corrected chi connectivity index (χ3v) is 3.70. The highest BCUT2D eigenvalue weighted by Crippen LogP contribution is 2.11. The molecule has 0 aromatic rings. The van der Waals surface area contributed by atoms with Gasteiger partial charge < -0.3 is 10.2 Å². The number of likely N-dealkylation sites (tertiary alicyclic amines) is 1. The second-order valence-corrected chi connectivity index (χ2v) is 5.53. The molecule has 1 aliphatic rings. The first-order valence-electron chi connectivity index (χ1n) is 7.35. The summed E-state index contributed by atoms with van der Waals surface area (Å²) in [6, 6.07) is 0.576. The van der Waals surface area contributed by atoms with Crippen molar-refractivity contribution >= 4 is 6.03 Å². The molecule has 1 saturated heterocycles. The lowest BCUT2D eigenvalue weighted by Gasteiger charge is -2.34. The molecule has 4 nitrogen and oxygen atoms in total. The number of urea groups is 1. The molecule has 4 heteroatoms. The Morgan fingerprint density at radius 3 is 2.28 bits per heavy atom. The fourth-order valence-corrected chi connectivity index (χ4v) is 2.48. The van der Waals surface area contributed by atoms with E-state index in [1.54, 1.807) is 0 Å². The summed E-state index contributed by atoms with van der Waals surface area (Å²) in [5.74, 6) is 0.663. The largest absolute Gasteiger partial charge is 0.336 e.